The van der Waals surface area contributed by atoms with E-state index in [1.165, 1.54) is 0 Å². The van der Waals surface area contributed by atoms with Crippen molar-refractivity contribution in [2.45, 2.75) is 6.54 Å². The molecule has 0 aliphatic heterocycles. The van der Waals surface area contributed by atoms with Gasteiger partial charge in [-0.2, -0.15) is 5.26 Å². The Kier molecular flexibility index (Phi) is 5.73. The van der Waals surface area contributed by atoms with Crippen LogP contribution in [0.2, 0.25) is 0 Å². The van der Waals surface area contributed by atoms with E-state index >= 15 is 0 Å². The molecule has 3 nitrogen and oxygen atoms in total. The molecule has 0 spiro atoms. The van der Waals surface area contributed by atoms with E-state index in [0.717, 1.165) is 9.13 Å². The fourth-order valence-electron chi connectivity index (χ4n) is 2.06. The third-order valence-corrected chi connectivity index (χ3v) is 3.90. The van der Waals surface area contributed by atoms with E-state index in [-0.39, 0.29) is 5.91 Å². The number of nitrogens with zero attached hydrogens (tertiary/aromatic N) is 2. The lowest BCUT2D eigenvalue weighted by Crippen LogP contribution is -2.30. The molecular weight excluding hydrogens is 387 g/mol. The minimum atomic E-state index is -0.0272. The van der Waals surface area contributed by atoms with Gasteiger partial charge >= 0.3 is 0 Å². The number of benzene rings is 2. The summed E-state index contributed by atoms with van der Waals surface area (Å²) in [4.78, 5) is 14.3. The van der Waals surface area contributed by atoms with Crippen LogP contribution < -0.4 is 0 Å². The number of carbonyl (C=O) groups is 1. The molecule has 0 aromatic heterocycles. The highest BCUT2D eigenvalue weighted by atomic mass is 127. The molecule has 0 saturated heterocycles. The van der Waals surface area contributed by atoms with E-state index in [2.05, 4.69) is 35.2 Å². The van der Waals surface area contributed by atoms with Crippen LogP contribution >= 0.6 is 22.6 Å². The van der Waals surface area contributed by atoms with E-state index in [9.17, 15) is 4.79 Å². The average molecular weight is 402 g/mol. The molecule has 1 amide bonds. The van der Waals surface area contributed by atoms with Crippen LogP contribution in [-0.2, 0) is 6.54 Å². The molecule has 0 aliphatic rings. The average Bonchev–Trinajstić information content (AvgIpc) is 2.55. The normalized spacial score (nSPS) is 9.82. The number of carbonyl (C=O) groups excluding carboxylic acids is 1. The zero-order valence-electron chi connectivity index (χ0n) is 12.0. The van der Waals surface area contributed by atoms with Crippen LogP contribution in [-0.4, -0.2) is 17.4 Å². The van der Waals surface area contributed by atoms with Crippen LogP contribution in [0, 0.1) is 14.9 Å². The first-order valence-corrected chi connectivity index (χ1v) is 7.86. The van der Waals surface area contributed by atoms with E-state index in [1.54, 1.807) is 23.1 Å². The van der Waals surface area contributed by atoms with Crippen LogP contribution in [0.4, 0.5) is 0 Å². The fraction of sp³-hybridized carbons (Fsp3) is 0.111. The van der Waals surface area contributed by atoms with Gasteiger partial charge in [0, 0.05) is 22.2 Å². The predicted molar refractivity (Wildman–Crippen MR) is 95.3 cm³/mol. The van der Waals surface area contributed by atoms with E-state index in [1.807, 2.05) is 36.4 Å². The van der Waals surface area contributed by atoms with Crippen molar-refractivity contribution in [2.75, 3.05) is 6.54 Å². The highest BCUT2D eigenvalue weighted by Crippen LogP contribution is 2.13. The van der Waals surface area contributed by atoms with Gasteiger partial charge in [0.1, 0.15) is 0 Å². The molecule has 0 fully saturated rings. The van der Waals surface area contributed by atoms with Gasteiger partial charge < -0.3 is 4.90 Å². The monoisotopic (exact) mass is 402 g/mol. The van der Waals surface area contributed by atoms with Crippen molar-refractivity contribution in [2.24, 2.45) is 0 Å². The molecule has 110 valence electrons. The van der Waals surface area contributed by atoms with Gasteiger partial charge in [0.05, 0.1) is 11.6 Å². The molecule has 0 heterocycles. The van der Waals surface area contributed by atoms with Gasteiger partial charge in [-0.1, -0.05) is 18.2 Å². The Balaban J connectivity index is 2.18. The Morgan fingerprint density at radius 2 is 1.82 bits per heavy atom. The van der Waals surface area contributed by atoms with E-state index < -0.39 is 0 Å². The van der Waals surface area contributed by atoms with Crippen molar-refractivity contribution in [3.63, 3.8) is 0 Å². The second-order valence-corrected chi connectivity index (χ2v) is 6.04. The molecule has 0 N–H and O–H groups in total. The maximum absolute atomic E-state index is 12.6. The van der Waals surface area contributed by atoms with Gasteiger partial charge in [-0.05, 0) is 64.6 Å². The van der Waals surface area contributed by atoms with E-state index in [0.29, 0.717) is 24.2 Å². The van der Waals surface area contributed by atoms with Crippen molar-refractivity contribution < 1.29 is 4.79 Å². The minimum Gasteiger partial charge on any atom is -0.331 e. The zero-order chi connectivity index (χ0) is 15.9. The summed E-state index contributed by atoms with van der Waals surface area (Å²) in [7, 11) is 0. The van der Waals surface area contributed by atoms with Gasteiger partial charge in [0.15, 0.2) is 0 Å². The lowest BCUT2D eigenvalue weighted by molar-refractivity contribution is 0.0762. The highest BCUT2D eigenvalue weighted by Gasteiger charge is 2.14. The smallest absolute Gasteiger partial charge is 0.254 e. The van der Waals surface area contributed by atoms with Crippen molar-refractivity contribution in [3.8, 4) is 6.07 Å². The molecule has 22 heavy (non-hydrogen) atoms. The first kappa shape index (κ1) is 16.2. The number of rotatable bonds is 5. The molecule has 0 aliphatic carbocycles. The lowest BCUT2D eigenvalue weighted by atomic mass is 10.1. The number of hydrogen-bond acceptors (Lipinski definition) is 2. The third kappa shape index (κ3) is 4.18. The van der Waals surface area contributed by atoms with Gasteiger partial charge in [0.25, 0.3) is 5.91 Å². The van der Waals surface area contributed by atoms with Crippen LogP contribution in [0.25, 0.3) is 0 Å². The molecule has 0 unspecified atom stereocenters. The topological polar surface area (TPSA) is 44.1 Å². The summed E-state index contributed by atoms with van der Waals surface area (Å²) in [5.74, 6) is -0.0272. The summed E-state index contributed by atoms with van der Waals surface area (Å²) in [6.45, 7) is 4.69. The number of hydrogen-bond donors (Lipinski definition) is 0. The summed E-state index contributed by atoms with van der Waals surface area (Å²) in [6, 6.07) is 16.9. The highest BCUT2D eigenvalue weighted by molar-refractivity contribution is 14.1. The Labute approximate surface area is 144 Å². The number of halogens is 1. The first-order chi connectivity index (χ1) is 10.6. The predicted octanol–water partition coefficient (Wildman–Crippen LogP) is 3.99. The minimum absolute atomic E-state index is 0.0272. The standard InChI is InChI=1S/C18H15IN2O/c1-2-11-21(13-15-5-3-14(12-20)4-6-15)18(22)16-7-9-17(19)10-8-16/h2-10H,1,11,13H2. The summed E-state index contributed by atoms with van der Waals surface area (Å²) in [5, 5.41) is 8.83. The van der Waals surface area contributed by atoms with E-state index in [4.69, 9.17) is 5.26 Å². The second-order valence-electron chi connectivity index (χ2n) is 4.79. The van der Waals surface area contributed by atoms with Crippen LogP contribution in [0.15, 0.2) is 61.2 Å². The third-order valence-electron chi connectivity index (χ3n) is 3.18. The Morgan fingerprint density at radius 1 is 1.18 bits per heavy atom. The summed E-state index contributed by atoms with van der Waals surface area (Å²) in [5.41, 5.74) is 2.26. The summed E-state index contributed by atoms with van der Waals surface area (Å²) < 4.78 is 1.09. The SMILES string of the molecule is C=CCN(Cc1ccc(C#N)cc1)C(=O)c1ccc(I)cc1. The van der Waals surface area contributed by atoms with Crippen LogP contribution in [0.3, 0.4) is 0 Å². The van der Waals surface area contributed by atoms with Gasteiger partial charge in [0.2, 0.25) is 0 Å². The fourth-order valence-corrected chi connectivity index (χ4v) is 2.41. The molecular formula is C18H15IN2O. The largest absolute Gasteiger partial charge is 0.331 e. The molecule has 2 aromatic carbocycles. The summed E-state index contributed by atoms with van der Waals surface area (Å²) >= 11 is 2.21. The molecule has 2 aromatic rings. The van der Waals surface area contributed by atoms with Crippen molar-refractivity contribution in [3.05, 3.63) is 81.4 Å². The molecule has 2 rings (SSSR count). The van der Waals surface area contributed by atoms with Crippen LogP contribution in [0.5, 0.6) is 0 Å². The molecule has 0 bridgehead atoms. The van der Waals surface area contributed by atoms with Gasteiger partial charge in [-0.25, -0.2) is 0 Å². The lowest BCUT2D eigenvalue weighted by Gasteiger charge is -2.21. The van der Waals surface area contributed by atoms with Gasteiger partial charge in [-0.15, -0.1) is 6.58 Å². The maximum Gasteiger partial charge on any atom is 0.254 e. The van der Waals surface area contributed by atoms with Crippen molar-refractivity contribution >= 4 is 28.5 Å². The van der Waals surface area contributed by atoms with Crippen LogP contribution in [0.1, 0.15) is 21.5 Å². The number of nitriles is 1. The molecule has 0 atom stereocenters. The Morgan fingerprint density at radius 3 is 2.36 bits per heavy atom. The van der Waals surface area contributed by atoms with Gasteiger partial charge in [-0.3, -0.25) is 4.79 Å². The maximum atomic E-state index is 12.6. The first-order valence-electron chi connectivity index (χ1n) is 6.79. The molecule has 0 saturated carbocycles. The quantitative estimate of drug-likeness (QED) is 0.561. The van der Waals surface area contributed by atoms with Crippen molar-refractivity contribution in [1.29, 1.82) is 5.26 Å². The zero-order valence-corrected chi connectivity index (χ0v) is 14.2. The number of amides is 1. The summed E-state index contributed by atoms with van der Waals surface area (Å²) in [6.07, 6.45) is 1.72. The molecule has 4 heteroatoms. The molecule has 0 radical (unpaired) electrons. The van der Waals surface area contributed by atoms with Crippen molar-refractivity contribution in [1.82, 2.24) is 4.90 Å². The Hall–Kier alpha value is -2.13. The Bertz CT molecular complexity index is 699. The second kappa shape index (κ2) is 7.76.